The molecule has 6 atom stereocenters. The smallest absolute Gasteiger partial charge is 0.121 e. The van der Waals surface area contributed by atoms with Gasteiger partial charge in [-0.15, -0.1) is 5.23 Å². The van der Waals surface area contributed by atoms with Gasteiger partial charge in [0.25, 0.3) is 0 Å². The molecular weight excluding hydrogens is 436 g/mol. The highest BCUT2D eigenvalue weighted by molar-refractivity contribution is 5.93. The van der Waals surface area contributed by atoms with Crippen LogP contribution in [0.3, 0.4) is 0 Å². The fourth-order valence-corrected chi connectivity index (χ4v) is 7.64. The summed E-state index contributed by atoms with van der Waals surface area (Å²) in [5, 5.41) is 55.5. The monoisotopic (exact) mass is 470 g/mol. The van der Waals surface area contributed by atoms with Crippen LogP contribution in [0.4, 0.5) is 17.1 Å². The zero-order chi connectivity index (χ0) is 24.3. The van der Waals surface area contributed by atoms with E-state index in [0.29, 0.717) is 23.4 Å². The lowest BCUT2D eigenvalue weighted by Crippen LogP contribution is -2.50. The molecule has 3 saturated carbocycles. The first kappa shape index (κ1) is 23.6. The molecule has 9 heteroatoms. The van der Waals surface area contributed by atoms with Gasteiger partial charge < -0.3 is 20.7 Å². The first-order chi connectivity index (χ1) is 16.1. The predicted molar refractivity (Wildman–Crippen MR) is 130 cm³/mol. The van der Waals surface area contributed by atoms with E-state index in [0.717, 1.165) is 63.1 Å². The van der Waals surface area contributed by atoms with Crippen LogP contribution >= 0.6 is 0 Å². The molecule has 0 heterocycles. The second-order valence-corrected chi connectivity index (χ2v) is 11.1. The Hall–Kier alpha value is -2.17. The first-order valence-corrected chi connectivity index (χ1v) is 12.3. The topological polar surface area (TPSA) is 138 Å². The number of rotatable bonds is 4. The van der Waals surface area contributed by atoms with Gasteiger partial charge in [-0.1, -0.05) is 25.5 Å². The Labute approximate surface area is 199 Å². The summed E-state index contributed by atoms with van der Waals surface area (Å²) in [6, 6.07) is 3.85. The number of hydrogen-bond donors (Lipinski definition) is 4. The normalized spacial score (nSPS) is 38.0. The Bertz CT molecular complexity index is 1010. The van der Waals surface area contributed by atoms with Crippen LogP contribution in [0, 0.1) is 39.0 Å². The number of aliphatic hydroxyl groups excluding tert-OH is 1. The number of nitrogens with one attached hydrogen (secondary N) is 1. The molecular formula is C25H34N4O5-2. The van der Waals surface area contributed by atoms with Crippen molar-refractivity contribution in [3.8, 4) is 0 Å². The molecule has 186 valence electrons. The Morgan fingerprint density at radius 3 is 2.53 bits per heavy atom. The maximum absolute atomic E-state index is 11.1. The fraction of sp³-hybridized carbons (Fsp3) is 0.640. The van der Waals surface area contributed by atoms with E-state index in [1.807, 2.05) is 0 Å². The van der Waals surface area contributed by atoms with Gasteiger partial charge in [-0.25, -0.2) is 0 Å². The zero-order valence-corrected chi connectivity index (χ0v) is 19.8. The number of hydrogen-bond acceptors (Lipinski definition) is 9. The highest BCUT2D eigenvalue weighted by Gasteiger charge is 2.57. The van der Waals surface area contributed by atoms with Gasteiger partial charge in [0.1, 0.15) is 5.69 Å². The summed E-state index contributed by atoms with van der Waals surface area (Å²) in [5.74, 6) is 1.79. The van der Waals surface area contributed by atoms with Crippen molar-refractivity contribution in [3.63, 3.8) is 0 Å². The summed E-state index contributed by atoms with van der Waals surface area (Å²) in [4.78, 5) is 0. The van der Waals surface area contributed by atoms with Crippen molar-refractivity contribution >= 4 is 22.8 Å². The number of anilines is 3. The van der Waals surface area contributed by atoms with E-state index in [9.17, 15) is 25.9 Å². The van der Waals surface area contributed by atoms with Gasteiger partial charge >= 0.3 is 0 Å². The maximum atomic E-state index is 11.1. The van der Waals surface area contributed by atoms with E-state index in [2.05, 4.69) is 25.3 Å². The molecule has 4 aliphatic rings. The Morgan fingerprint density at radius 1 is 1.06 bits per heavy atom. The van der Waals surface area contributed by atoms with Gasteiger partial charge in [-0.3, -0.25) is 15.8 Å². The summed E-state index contributed by atoms with van der Waals surface area (Å²) >= 11 is 0. The van der Waals surface area contributed by atoms with E-state index in [-0.39, 0.29) is 33.5 Å². The lowest BCUT2D eigenvalue weighted by molar-refractivity contribution is -0.0209. The summed E-state index contributed by atoms with van der Waals surface area (Å²) in [7, 11) is 0. The van der Waals surface area contributed by atoms with Crippen molar-refractivity contribution in [3.05, 3.63) is 40.3 Å². The van der Waals surface area contributed by atoms with Crippen molar-refractivity contribution in [2.24, 2.45) is 33.7 Å². The number of aliphatic hydroxyl groups is 1. The molecule has 4 aliphatic carbocycles. The molecule has 0 saturated heterocycles. The van der Waals surface area contributed by atoms with Crippen LogP contribution in [0.5, 0.6) is 0 Å². The minimum absolute atomic E-state index is 0.0247. The number of nitrogens with zero attached hydrogens (tertiary/aromatic N) is 3. The third-order valence-electron chi connectivity index (χ3n) is 9.54. The average molecular weight is 471 g/mol. The van der Waals surface area contributed by atoms with Crippen LogP contribution < -0.4 is 15.9 Å². The highest BCUT2D eigenvalue weighted by atomic mass is 16.8. The summed E-state index contributed by atoms with van der Waals surface area (Å²) in [6.07, 6.45) is 10.2. The van der Waals surface area contributed by atoms with Crippen LogP contribution in [0.1, 0.15) is 65.2 Å². The number of allylic oxidation sites excluding steroid dienone is 1. The lowest BCUT2D eigenvalue weighted by Gasteiger charge is -2.57. The number of benzene rings is 1. The SMILES string of the molecule is CC12CCC(O)CC1=CCC1C2CCC2(C)C(=NNc3ccc(N([O-])[O-])cc3N(O)O)CCC12. The van der Waals surface area contributed by atoms with Crippen LogP contribution in [0.2, 0.25) is 0 Å². The van der Waals surface area contributed by atoms with E-state index < -0.39 is 5.23 Å². The average Bonchev–Trinajstić information content (AvgIpc) is 3.14. The first-order valence-electron chi connectivity index (χ1n) is 12.3. The summed E-state index contributed by atoms with van der Waals surface area (Å²) in [5.41, 5.74) is 5.61. The van der Waals surface area contributed by atoms with Gasteiger partial charge in [-0.2, -0.15) is 5.10 Å². The van der Waals surface area contributed by atoms with Crippen LogP contribution in [0.15, 0.2) is 34.9 Å². The largest absolute Gasteiger partial charge is 0.769 e. The van der Waals surface area contributed by atoms with Gasteiger partial charge in [0.2, 0.25) is 0 Å². The molecule has 0 bridgehead atoms. The molecule has 5 rings (SSSR count). The van der Waals surface area contributed by atoms with E-state index in [1.165, 1.54) is 17.7 Å². The quantitative estimate of drug-likeness (QED) is 0.349. The molecule has 4 N–H and O–H groups in total. The van der Waals surface area contributed by atoms with E-state index in [4.69, 9.17) is 5.10 Å². The molecule has 0 aliphatic heterocycles. The molecule has 0 amide bonds. The molecule has 9 nitrogen and oxygen atoms in total. The Kier molecular flexibility index (Phi) is 5.89. The minimum atomic E-state index is -0.582. The third-order valence-corrected chi connectivity index (χ3v) is 9.54. The molecule has 0 radical (unpaired) electrons. The van der Waals surface area contributed by atoms with Crippen LogP contribution in [-0.2, 0) is 0 Å². The summed E-state index contributed by atoms with van der Waals surface area (Å²) in [6.45, 7) is 4.73. The molecule has 34 heavy (non-hydrogen) atoms. The van der Waals surface area contributed by atoms with Crippen molar-refractivity contribution in [2.75, 3.05) is 15.9 Å². The molecule has 1 aromatic carbocycles. The maximum Gasteiger partial charge on any atom is 0.121 e. The van der Waals surface area contributed by atoms with Crippen LogP contribution in [0.25, 0.3) is 0 Å². The minimum Gasteiger partial charge on any atom is -0.769 e. The van der Waals surface area contributed by atoms with Crippen molar-refractivity contribution < 1.29 is 15.5 Å². The van der Waals surface area contributed by atoms with Crippen molar-refractivity contribution in [2.45, 2.75) is 71.3 Å². The van der Waals surface area contributed by atoms with Crippen molar-refractivity contribution in [1.29, 1.82) is 0 Å². The second-order valence-electron chi connectivity index (χ2n) is 11.1. The standard InChI is InChI=1S/C25H34N4O5/c1-24-11-9-17(30)13-15(24)3-5-18-19-6-8-23(25(19,2)12-10-20(18)24)27-26-21-7-4-16(28(31)32)14-22(21)29(33)34/h3-4,7,14,17-20,26,30,33-34H,5-6,8-13H2,1-2H3/q-2. The van der Waals surface area contributed by atoms with E-state index >= 15 is 0 Å². The highest BCUT2D eigenvalue weighted by Crippen LogP contribution is 2.64. The third kappa shape index (κ3) is 3.70. The van der Waals surface area contributed by atoms with Gasteiger partial charge in [0.15, 0.2) is 0 Å². The Balaban J connectivity index is 1.38. The van der Waals surface area contributed by atoms with Crippen LogP contribution in [-0.4, -0.2) is 27.3 Å². The number of fused-ring (bicyclic) bond motifs is 5. The van der Waals surface area contributed by atoms with Gasteiger partial charge in [0.05, 0.1) is 11.8 Å². The predicted octanol–water partition coefficient (Wildman–Crippen LogP) is 5.17. The molecule has 1 aromatic rings. The number of hydrazone groups is 1. The molecule has 0 aromatic heterocycles. The molecule has 0 spiro atoms. The fourth-order valence-electron chi connectivity index (χ4n) is 7.64. The molecule has 3 fully saturated rings. The zero-order valence-electron chi connectivity index (χ0n) is 19.8. The van der Waals surface area contributed by atoms with Gasteiger partial charge in [-0.05, 0) is 92.7 Å². The lowest BCUT2D eigenvalue weighted by atomic mass is 9.48. The van der Waals surface area contributed by atoms with E-state index in [1.54, 1.807) is 0 Å². The second kappa shape index (κ2) is 8.49. The summed E-state index contributed by atoms with van der Waals surface area (Å²) < 4.78 is 0. The Morgan fingerprint density at radius 2 is 1.79 bits per heavy atom. The van der Waals surface area contributed by atoms with Crippen molar-refractivity contribution in [1.82, 2.24) is 0 Å². The van der Waals surface area contributed by atoms with Gasteiger partial charge in [0, 0.05) is 16.8 Å². The molecule has 6 unspecified atom stereocenters.